The molecule has 0 saturated heterocycles. The minimum absolute atomic E-state index is 0.0431. The molecule has 0 heterocycles. The summed E-state index contributed by atoms with van der Waals surface area (Å²) in [7, 11) is -4.12. The topological polar surface area (TPSA) is 86.8 Å². The molecule has 3 aromatic carbocycles. The number of rotatable bonds is 12. The first-order valence-electron chi connectivity index (χ1n) is 13.5. The second-order valence-corrected chi connectivity index (χ2v) is 12.2. The van der Waals surface area contributed by atoms with Gasteiger partial charge in [-0.1, -0.05) is 79.5 Å². The average molecular weight is 584 g/mol. The van der Waals surface area contributed by atoms with E-state index in [1.54, 1.807) is 67.6 Å². The smallest absolute Gasteiger partial charge is 0.264 e. The van der Waals surface area contributed by atoms with Gasteiger partial charge in [-0.05, 0) is 69.0 Å². The molecule has 2 unspecified atom stereocenters. The van der Waals surface area contributed by atoms with Crippen LogP contribution in [0.3, 0.4) is 0 Å². The third kappa shape index (κ3) is 7.43. The highest BCUT2D eigenvalue weighted by Gasteiger charge is 2.33. The van der Waals surface area contributed by atoms with Crippen LogP contribution < -0.4 is 9.62 Å². The fourth-order valence-electron chi connectivity index (χ4n) is 4.26. The number of nitrogens with zero attached hydrogens (tertiary/aromatic N) is 2. The Bertz CT molecular complexity index is 1430. The average Bonchev–Trinajstić information content (AvgIpc) is 2.95. The normalized spacial score (nSPS) is 12.8. The number of anilines is 1. The van der Waals surface area contributed by atoms with E-state index in [1.165, 1.54) is 4.90 Å². The van der Waals surface area contributed by atoms with Crippen molar-refractivity contribution in [3.63, 3.8) is 0 Å². The predicted octanol–water partition coefficient (Wildman–Crippen LogP) is 5.74. The number of para-hydroxylation sites is 1. The standard InChI is InChI=1S/C31H38ClN3O4S/c1-6-23(4)33-31(37)24(5)34(20-26-13-8-10-14-28(26)32)30(36)21-35(29-15-11-9-12-25(29)7-2)40(38,39)27-18-16-22(3)17-19-27/h8-19,23-24H,6-7,20-21H2,1-5H3,(H,33,37). The quantitative estimate of drug-likeness (QED) is 0.295. The monoisotopic (exact) mass is 583 g/mol. The van der Waals surface area contributed by atoms with Crippen molar-refractivity contribution in [2.24, 2.45) is 0 Å². The van der Waals surface area contributed by atoms with Crippen LogP contribution in [0.25, 0.3) is 0 Å². The Morgan fingerprint density at radius 1 is 0.900 bits per heavy atom. The highest BCUT2D eigenvalue weighted by atomic mass is 35.5. The molecule has 40 heavy (non-hydrogen) atoms. The van der Waals surface area contributed by atoms with Crippen LogP contribution >= 0.6 is 11.6 Å². The lowest BCUT2D eigenvalue weighted by Crippen LogP contribution is -2.52. The molecule has 2 atom stereocenters. The first-order valence-corrected chi connectivity index (χ1v) is 15.3. The van der Waals surface area contributed by atoms with E-state index in [9.17, 15) is 18.0 Å². The first kappa shape index (κ1) is 31.2. The number of benzene rings is 3. The van der Waals surface area contributed by atoms with Gasteiger partial charge in [0.25, 0.3) is 10.0 Å². The molecule has 0 aliphatic rings. The lowest BCUT2D eigenvalue weighted by atomic mass is 10.1. The van der Waals surface area contributed by atoms with E-state index in [4.69, 9.17) is 11.6 Å². The van der Waals surface area contributed by atoms with Crippen LogP contribution in [0.15, 0.2) is 77.7 Å². The summed E-state index contributed by atoms with van der Waals surface area (Å²) >= 11 is 6.43. The van der Waals surface area contributed by atoms with Gasteiger partial charge < -0.3 is 10.2 Å². The molecule has 0 aromatic heterocycles. The van der Waals surface area contributed by atoms with E-state index in [-0.39, 0.29) is 23.4 Å². The highest BCUT2D eigenvalue weighted by molar-refractivity contribution is 7.92. The van der Waals surface area contributed by atoms with Gasteiger partial charge in [-0.15, -0.1) is 0 Å². The maximum atomic E-state index is 14.1. The van der Waals surface area contributed by atoms with Crippen molar-refractivity contribution in [3.8, 4) is 0 Å². The van der Waals surface area contributed by atoms with Gasteiger partial charge in [0.15, 0.2) is 0 Å². The summed E-state index contributed by atoms with van der Waals surface area (Å²) in [5, 5.41) is 3.39. The number of amides is 2. The van der Waals surface area contributed by atoms with Crippen molar-refractivity contribution in [3.05, 3.63) is 94.5 Å². The number of nitrogens with one attached hydrogen (secondary N) is 1. The third-order valence-electron chi connectivity index (χ3n) is 7.00. The predicted molar refractivity (Wildman–Crippen MR) is 161 cm³/mol. The van der Waals surface area contributed by atoms with Gasteiger partial charge in [-0.3, -0.25) is 13.9 Å². The largest absolute Gasteiger partial charge is 0.352 e. The Hall–Kier alpha value is -3.36. The number of carbonyl (C=O) groups is 2. The van der Waals surface area contributed by atoms with Gasteiger partial charge >= 0.3 is 0 Å². The summed E-state index contributed by atoms with van der Waals surface area (Å²) in [6.45, 7) is 8.86. The molecule has 0 aliphatic carbocycles. The van der Waals surface area contributed by atoms with Crippen LogP contribution in [0, 0.1) is 6.92 Å². The van der Waals surface area contributed by atoms with Crippen LogP contribution in [0.1, 0.15) is 50.8 Å². The lowest BCUT2D eigenvalue weighted by Gasteiger charge is -2.33. The van der Waals surface area contributed by atoms with Crippen molar-refractivity contribution < 1.29 is 18.0 Å². The molecule has 1 N–H and O–H groups in total. The van der Waals surface area contributed by atoms with Gasteiger partial charge in [-0.25, -0.2) is 8.42 Å². The van der Waals surface area contributed by atoms with Gasteiger partial charge in [0.2, 0.25) is 11.8 Å². The number of aryl methyl sites for hydroxylation is 2. The first-order chi connectivity index (χ1) is 19.0. The third-order valence-corrected chi connectivity index (χ3v) is 9.14. The Morgan fingerprint density at radius 3 is 2.10 bits per heavy atom. The van der Waals surface area contributed by atoms with E-state index < -0.39 is 28.5 Å². The molecule has 0 radical (unpaired) electrons. The van der Waals surface area contributed by atoms with E-state index in [0.29, 0.717) is 22.7 Å². The summed E-state index contributed by atoms with van der Waals surface area (Å²) in [6.07, 6.45) is 1.30. The Labute approximate surface area is 243 Å². The van der Waals surface area contributed by atoms with Crippen molar-refractivity contribution in [2.75, 3.05) is 10.8 Å². The Balaban J connectivity index is 2.07. The van der Waals surface area contributed by atoms with Gasteiger partial charge in [0.1, 0.15) is 12.6 Å². The number of hydrogen-bond acceptors (Lipinski definition) is 4. The van der Waals surface area contributed by atoms with Crippen LogP contribution in [-0.2, 0) is 32.6 Å². The Kier molecular flexibility index (Phi) is 10.8. The second kappa shape index (κ2) is 13.8. The molecular formula is C31H38ClN3O4S. The van der Waals surface area contributed by atoms with Crippen LogP contribution in [0.5, 0.6) is 0 Å². The molecule has 9 heteroatoms. The molecule has 0 fully saturated rings. The molecule has 214 valence electrons. The van der Waals surface area contributed by atoms with E-state index in [1.807, 2.05) is 39.8 Å². The van der Waals surface area contributed by atoms with Crippen molar-refractivity contribution in [1.82, 2.24) is 10.2 Å². The SMILES string of the molecule is CCc1ccccc1N(CC(=O)N(Cc1ccccc1Cl)C(C)C(=O)NC(C)CC)S(=O)(=O)c1ccc(C)cc1. The summed E-state index contributed by atoms with van der Waals surface area (Å²) in [6, 6.07) is 19.8. The molecule has 3 rings (SSSR count). The van der Waals surface area contributed by atoms with E-state index in [2.05, 4.69) is 5.32 Å². The zero-order chi connectivity index (χ0) is 29.4. The number of halogens is 1. The van der Waals surface area contributed by atoms with E-state index in [0.717, 1.165) is 21.9 Å². The van der Waals surface area contributed by atoms with Crippen LogP contribution in [0.4, 0.5) is 5.69 Å². The van der Waals surface area contributed by atoms with Gasteiger partial charge in [0.05, 0.1) is 10.6 Å². The van der Waals surface area contributed by atoms with Crippen molar-refractivity contribution in [2.45, 2.75) is 71.0 Å². The number of hydrogen-bond donors (Lipinski definition) is 1. The number of carbonyl (C=O) groups excluding carboxylic acids is 2. The summed E-state index contributed by atoms with van der Waals surface area (Å²) in [5.74, 6) is -0.843. The summed E-state index contributed by atoms with van der Waals surface area (Å²) < 4.78 is 29.2. The van der Waals surface area contributed by atoms with Crippen LogP contribution in [-0.4, -0.2) is 43.8 Å². The minimum Gasteiger partial charge on any atom is -0.352 e. The molecule has 3 aromatic rings. The lowest BCUT2D eigenvalue weighted by molar-refractivity contribution is -0.139. The van der Waals surface area contributed by atoms with Crippen molar-refractivity contribution >= 4 is 39.1 Å². The van der Waals surface area contributed by atoms with Gasteiger partial charge in [-0.2, -0.15) is 0 Å². The summed E-state index contributed by atoms with van der Waals surface area (Å²) in [5.41, 5.74) is 2.78. The van der Waals surface area contributed by atoms with Gasteiger partial charge in [0, 0.05) is 17.6 Å². The molecule has 0 bridgehead atoms. The van der Waals surface area contributed by atoms with Crippen molar-refractivity contribution in [1.29, 1.82) is 0 Å². The zero-order valence-electron chi connectivity index (χ0n) is 23.7. The molecule has 7 nitrogen and oxygen atoms in total. The second-order valence-electron chi connectivity index (χ2n) is 9.91. The molecule has 0 saturated carbocycles. The maximum Gasteiger partial charge on any atom is 0.264 e. The fourth-order valence-corrected chi connectivity index (χ4v) is 5.91. The molecular weight excluding hydrogens is 546 g/mol. The zero-order valence-corrected chi connectivity index (χ0v) is 25.3. The molecule has 0 spiro atoms. The van der Waals surface area contributed by atoms with Crippen LogP contribution in [0.2, 0.25) is 5.02 Å². The maximum absolute atomic E-state index is 14.1. The molecule has 2 amide bonds. The molecule has 0 aliphatic heterocycles. The van der Waals surface area contributed by atoms with E-state index >= 15 is 0 Å². The number of sulfonamides is 1. The minimum atomic E-state index is -4.12. The highest BCUT2D eigenvalue weighted by Crippen LogP contribution is 2.29. The Morgan fingerprint density at radius 2 is 1.50 bits per heavy atom. The fraction of sp³-hybridized carbons (Fsp3) is 0.355. The summed E-state index contributed by atoms with van der Waals surface area (Å²) in [4.78, 5) is 28.7.